The molecule has 0 amide bonds. The first-order chi connectivity index (χ1) is 4.00. The Morgan fingerprint density at radius 3 is 0.500 bits per heavy atom. The van der Waals surface area contributed by atoms with Crippen molar-refractivity contribution in [2.24, 2.45) is 0 Å². The first-order valence-electron chi connectivity index (χ1n) is 1.15. The normalized spacial score (nSPS) is 1.60. The van der Waals surface area contributed by atoms with Crippen LogP contribution in [0.3, 0.4) is 0 Å². The Balaban J connectivity index is -0.00000000500. The molecule has 0 saturated carbocycles. The Bertz CT molecular complexity index is 25.2. The maximum absolute atomic E-state index is 8.00. The Kier molecular flexibility index (Phi) is 19900. The molecule has 0 heterocycles. The van der Waals surface area contributed by atoms with Crippen molar-refractivity contribution in [3.05, 3.63) is 0 Å². The molecule has 0 bridgehead atoms. The molecule has 0 aliphatic heterocycles. The molecule has 64 valence electrons. The molecule has 0 spiro atoms. The third kappa shape index (κ3) is 2440. The molecule has 0 N–H and O–H groups in total. The molecule has 0 aromatic carbocycles. The van der Waals surface area contributed by atoms with Crippen molar-refractivity contribution >= 4 is 37.1 Å². The molecule has 0 radical (unpaired) electrons. The maximum atomic E-state index is 8.00. The minimum atomic E-state index is 0. The van der Waals surface area contributed by atoms with Crippen LogP contribution in [-0.4, -0.2) is 27.2 Å². The van der Waals surface area contributed by atoms with E-state index in [-0.39, 0.29) is 27.0 Å². The van der Waals surface area contributed by atoms with E-state index >= 15 is 0 Å². The van der Waals surface area contributed by atoms with Gasteiger partial charge in [-0.2, -0.15) is 9.90 Å². The van der Waals surface area contributed by atoms with Crippen LogP contribution in [0.2, 0.25) is 0 Å². The predicted octanol–water partition coefficient (Wildman–Crippen LogP) is -0.684. The van der Waals surface area contributed by atoms with E-state index in [9.17, 15) is 0 Å². The van der Waals surface area contributed by atoms with E-state index in [1.54, 1.807) is 0 Å². The zero-order valence-corrected chi connectivity index (χ0v) is 8.04. The molecule has 6 heteroatoms. The first kappa shape index (κ1) is 54.4. The number of rotatable bonds is 0. The number of carbonyl (C=O) groups excluding carboxylic acids is 4. The van der Waals surface area contributed by atoms with E-state index in [0.29, 0.717) is 0 Å². The minimum absolute atomic E-state index is 0. The standard InChI is InChI=1S/4CH2O.Fe.H3P/c4*1-2;;/h4*1H2;;1H3. The molecule has 0 fully saturated rings. The van der Waals surface area contributed by atoms with Gasteiger partial charge in [0.1, 0.15) is 27.2 Å². The first-order valence-corrected chi connectivity index (χ1v) is 1.15. The summed E-state index contributed by atoms with van der Waals surface area (Å²) in [6.45, 7) is 8.00. The molecule has 0 saturated heterocycles. The van der Waals surface area contributed by atoms with Gasteiger partial charge in [0.25, 0.3) is 0 Å². The van der Waals surface area contributed by atoms with E-state index in [0.717, 1.165) is 0 Å². The van der Waals surface area contributed by atoms with E-state index in [1.807, 2.05) is 27.2 Å². The van der Waals surface area contributed by atoms with Crippen LogP contribution >= 0.6 is 9.90 Å². The van der Waals surface area contributed by atoms with Gasteiger partial charge < -0.3 is 19.2 Å². The van der Waals surface area contributed by atoms with Crippen LogP contribution in [-0.2, 0) is 36.2 Å². The van der Waals surface area contributed by atoms with Crippen LogP contribution in [0.4, 0.5) is 0 Å². The van der Waals surface area contributed by atoms with Gasteiger partial charge in [-0.1, -0.05) is 0 Å². The van der Waals surface area contributed by atoms with E-state index in [1.165, 1.54) is 0 Å². The van der Waals surface area contributed by atoms with Crippen molar-refractivity contribution in [1.82, 2.24) is 0 Å². The molecule has 1 atom stereocenters. The summed E-state index contributed by atoms with van der Waals surface area (Å²) in [5.41, 5.74) is 0. The zero-order chi connectivity index (χ0) is 8.00. The van der Waals surface area contributed by atoms with Crippen molar-refractivity contribution in [3.8, 4) is 0 Å². The number of carbonyl (C=O) groups is 4. The molecule has 0 aromatic heterocycles. The summed E-state index contributed by atoms with van der Waals surface area (Å²) >= 11 is 0. The second-order valence-electron chi connectivity index (χ2n) is 0. The van der Waals surface area contributed by atoms with Gasteiger partial charge in [0, 0.05) is 17.1 Å². The van der Waals surface area contributed by atoms with E-state index < -0.39 is 0 Å². The minimum Gasteiger partial charge on any atom is -0.307 e. The summed E-state index contributed by atoms with van der Waals surface area (Å²) in [4.78, 5) is 32.0. The Hall–Kier alpha value is -0.371. The topological polar surface area (TPSA) is 68.3 Å². The zero-order valence-electron chi connectivity index (χ0n) is 5.52. The second-order valence-corrected chi connectivity index (χ2v) is 0. The Morgan fingerprint density at radius 2 is 0.500 bits per heavy atom. The van der Waals surface area contributed by atoms with Crippen LogP contribution in [0.15, 0.2) is 0 Å². The van der Waals surface area contributed by atoms with Crippen molar-refractivity contribution in [1.29, 1.82) is 0 Å². The third-order valence-electron chi connectivity index (χ3n) is 0. The van der Waals surface area contributed by atoms with Gasteiger partial charge in [-0.15, -0.1) is 0 Å². The average Bonchev–Trinajstić information content (AvgIpc) is 2.03. The monoisotopic (exact) mass is 210 g/mol. The van der Waals surface area contributed by atoms with Crippen molar-refractivity contribution in [3.63, 3.8) is 0 Å². The third-order valence-corrected chi connectivity index (χ3v) is 0. The average molecular weight is 210 g/mol. The molecule has 0 aromatic rings. The summed E-state index contributed by atoms with van der Waals surface area (Å²) in [7, 11) is 0. The maximum Gasteiger partial charge on any atom is 0.106 e. The van der Waals surface area contributed by atoms with Crippen LogP contribution in [0.25, 0.3) is 0 Å². The Labute approximate surface area is 73.8 Å². The largest absolute Gasteiger partial charge is 0.307 e. The van der Waals surface area contributed by atoms with E-state index in [4.69, 9.17) is 19.2 Å². The Morgan fingerprint density at radius 1 is 0.500 bits per heavy atom. The number of hydrogen-bond acceptors (Lipinski definition) is 4. The second kappa shape index (κ2) is 3660. The van der Waals surface area contributed by atoms with Gasteiger partial charge in [-0.05, 0) is 0 Å². The smallest absolute Gasteiger partial charge is 0.106 e. The van der Waals surface area contributed by atoms with Crippen LogP contribution in [0.1, 0.15) is 0 Å². The van der Waals surface area contributed by atoms with Crippen molar-refractivity contribution < 1.29 is 36.2 Å². The molecule has 4 nitrogen and oxygen atoms in total. The predicted molar refractivity (Wildman–Crippen MR) is 39.6 cm³/mol. The molecule has 10 heavy (non-hydrogen) atoms. The molecule has 0 rings (SSSR count). The fraction of sp³-hybridized carbons (Fsp3) is 0. The summed E-state index contributed by atoms with van der Waals surface area (Å²) in [6, 6.07) is 0. The van der Waals surface area contributed by atoms with Crippen molar-refractivity contribution in [2.45, 2.75) is 0 Å². The van der Waals surface area contributed by atoms with Gasteiger partial charge in [0.15, 0.2) is 0 Å². The van der Waals surface area contributed by atoms with Crippen LogP contribution in [0.5, 0.6) is 0 Å². The molecular weight excluding hydrogens is 199 g/mol. The van der Waals surface area contributed by atoms with Crippen LogP contribution < -0.4 is 0 Å². The van der Waals surface area contributed by atoms with E-state index in [2.05, 4.69) is 0 Å². The van der Waals surface area contributed by atoms with Crippen molar-refractivity contribution in [2.75, 3.05) is 0 Å². The fourth-order valence-electron chi connectivity index (χ4n) is 0. The molecule has 0 aliphatic carbocycles. The summed E-state index contributed by atoms with van der Waals surface area (Å²) in [5.74, 6) is 0. The molecular formula is C4H11FeO4P. The quantitative estimate of drug-likeness (QED) is 0.392. The van der Waals surface area contributed by atoms with Gasteiger partial charge in [-0.25, -0.2) is 0 Å². The molecule has 1 unspecified atom stereocenters. The summed E-state index contributed by atoms with van der Waals surface area (Å²) in [6.07, 6.45) is 0. The summed E-state index contributed by atoms with van der Waals surface area (Å²) < 4.78 is 0. The van der Waals surface area contributed by atoms with Gasteiger partial charge in [-0.3, -0.25) is 0 Å². The summed E-state index contributed by atoms with van der Waals surface area (Å²) in [5, 5.41) is 0. The SMILES string of the molecule is C=O.C=O.C=O.C=O.P.[Fe]. The van der Waals surface area contributed by atoms with Gasteiger partial charge in [0.05, 0.1) is 0 Å². The number of hydrogen-bond donors (Lipinski definition) is 0. The van der Waals surface area contributed by atoms with Gasteiger partial charge in [0.2, 0.25) is 0 Å². The van der Waals surface area contributed by atoms with Crippen LogP contribution in [0, 0.1) is 0 Å². The fourth-order valence-corrected chi connectivity index (χ4v) is 0. The molecule has 0 aliphatic rings. The van der Waals surface area contributed by atoms with Gasteiger partial charge >= 0.3 is 0 Å².